The number of guanidine groups is 1. The fraction of sp³-hybridized carbons (Fsp3) is 0.214. The predicted octanol–water partition coefficient (Wildman–Crippen LogP) is 4.41. The number of alkyl halides is 3. The van der Waals surface area contributed by atoms with E-state index in [1.807, 2.05) is 41.8 Å². The number of ether oxygens (including phenoxy) is 2. The Balaban J connectivity index is 1.26. The van der Waals surface area contributed by atoms with Gasteiger partial charge in [-0.3, -0.25) is 4.99 Å². The number of halogens is 3. The lowest BCUT2D eigenvalue weighted by molar-refractivity contribution is -0.189. The molecule has 0 fully saturated rings. The Morgan fingerprint density at radius 1 is 1.09 bits per heavy atom. The maximum atomic E-state index is 12.4. The minimum Gasteiger partial charge on any atom is -0.490 e. The topological polar surface area (TPSA) is 182 Å². The number of aliphatic imine (C=N–C) groups is 1. The van der Waals surface area contributed by atoms with Gasteiger partial charge in [0.1, 0.15) is 16.8 Å². The summed E-state index contributed by atoms with van der Waals surface area (Å²) < 4.78 is 54.2. The highest BCUT2D eigenvalue weighted by molar-refractivity contribution is 5.96. The fourth-order valence-electron chi connectivity index (χ4n) is 4.27. The van der Waals surface area contributed by atoms with Crippen molar-refractivity contribution in [1.29, 1.82) is 0 Å². The summed E-state index contributed by atoms with van der Waals surface area (Å²) in [6, 6.07) is 14.8. The van der Waals surface area contributed by atoms with Gasteiger partial charge in [0, 0.05) is 30.8 Å². The molecule has 0 radical (unpaired) electrons. The summed E-state index contributed by atoms with van der Waals surface area (Å²) in [6.07, 6.45) is -2.96. The molecule has 0 spiro atoms. The van der Waals surface area contributed by atoms with Crippen LogP contribution in [0.15, 0.2) is 70.4 Å². The van der Waals surface area contributed by atoms with E-state index in [9.17, 15) is 18.0 Å². The van der Waals surface area contributed by atoms with Gasteiger partial charge in [-0.2, -0.15) is 13.2 Å². The summed E-state index contributed by atoms with van der Waals surface area (Å²) in [5.41, 5.74) is 15.5. The first-order chi connectivity index (χ1) is 21.2. The minimum atomic E-state index is -5.09. The molecule has 228 valence electrons. The number of hydrogen-bond acceptors (Lipinski definition) is 10. The smallest absolute Gasteiger partial charge is 0.490 e. The van der Waals surface area contributed by atoms with Gasteiger partial charge >= 0.3 is 12.1 Å². The molecule has 5 rings (SSSR count). The summed E-state index contributed by atoms with van der Waals surface area (Å²) in [7, 11) is 0. The molecule has 44 heavy (non-hydrogen) atoms. The lowest BCUT2D eigenvalue weighted by atomic mass is 10.1. The number of nitrogens with one attached hydrogen (secondary N) is 1. The monoisotopic (exact) mass is 609 g/mol. The van der Waals surface area contributed by atoms with Gasteiger partial charge in [-0.1, -0.05) is 30.3 Å². The van der Waals surface area contributed by atoms with E-state index in [0.29, 0.717) is 59.2 Å². The van der Waals surface area contributed by atoms with Crippen molar-refractivity contribution < 1.29 is 32.1 Å². The summed E-state index contributed by atoms with van der Waals surface area (Å²) in [5.74, 6) is -1.42. The number of fused-ring (bicyclic) bond motifs is 1. The van der Waals surface area contributed by atoms with Crippen LogP contribution in [-0.2, 0) is 11.3 Å². The second-order valence-electron chi connectivity index (χ2n) is 9.22. The quantitative estimate of drug-likeness (QED) is 0.0670. The Morgan fingerprint density at radius 3 is 2.50 bits per heavy atom. The van der Waals surface area contributed by atoms with Crippen LogP contribution < -0.4 is 26.3 Å². The third-order valence-corrected chi connectivity index (χ3v) is 6.24. The molecule has 0 atom stereocenters. The largest absolute Gasteiger partial charge is 0.491 e. The van der Waals surface area contributed by atoms with Crippen LogP contribution in [-0.4, -0.2) is 56.1 Å². The van der Waals surface area contributed by atoms with Gasteiger partial charge < -0.3 is 30.8 Å². The van der Waals surface area contributed by atoms with Crippen LogP contribution in [0.25, 0.3) is 33.8 Å². The first-order valence-electron chi connectivity index (χ1n) is 13.3. The zero-order valence-corrected chi connectivity index (χ0v) is 23.2. The molecule has 13 nitrogen and oxygen atoms in total. The van der Waals surface area contributed by atoms with Gasteiger partial charge in [0.05, 0.1) is 18.5 Å². The molecule has 0 amide bonds. The lowest BCUT2D eigenvalue weighted by Crippen LogP contribution is -2.28. The predicted molar refractivity (Wildman–Crippen MR) is 155 cm³/mol. The second-order valence-corrected chi connectivity index (χ2v) is 9.22. The highest BCUT2D eigenvalue weighted by Crippen LogP contribution is 2.36. The van der Waals surface area contributed by atoms with Crippen LogP contribution in [0.5, 0.6) is 11.5 Å². The number of nitrogen functional groups attached to an aromatic ring is 1. The Bertz CT molecular complexity index is 1790. The molecule has 5 aromatic rings. The molecule has 3 aromatic heterocycles. The van der Waals surface area contributed by atoms with Crippen LogP contribution in [0.3, 0.4) is 0 Å². The van der Waals surface area contributed by atoms with Crippen LogP contribution in [0.4, 0.5) is 24.7 Å². The van der Waals surface area contributed by atoms with Gasteiger partial charge in [-0.25, -0.2) is 19.4 Å². The molecule has 16 heteroatoms. The molecule has 5 N–H and O–H groups in total. The van der Waals surface area contributed by atoms with Gasteiger partial charge in [0.2, 0.25) is 0 Å². The SMILES string of the molecule is CCn1c(-c2nonc2N)nc2c(-c3ccccc3)ncc(OCCCN=C(N)Nc3ccc(OC(=O)C(F)(F)F)cc3)c21. The van der Waals surface area contributed by atoms with Crippen molar-refractivity contribution in [3.8, 4) is 34.3 Å². The van der Waals surface area contributed by atoms with Gasteiger partial charge in [-0.05, 0) is 41.5 Å². The van der Waals surface area contributed by atoms with E-state index in [4.69, 9.17) is 25.8 Å². The highest BCUT2D eigenvalue weighted by atomic mass is 19.4. The number of carbonyl (C=O) groups is 1. The van der Waals surface area contributed by atoms with Crippen LogP contribution in [0.2, 0.25) is 0 Å². The number of aromatic nitrogens is 5. The van der Waals surface area contributed by atoms with Crippen LogP contribution >= 0.6 is 0 Å². The number of nitrogens with two attached hydrogens (primary N) is 2. The van der Waals surface area contributed by atoms with Crippen molar-refractivity contribution in [2.75, 3.05) is 24.2 Å². The third kappa shape index (κ3) is 6.53. The van der Waals surface area contributed by atoms with Crippen LogP contribution in [0.1, 0.15) is 13.3 Å². The Morgan fingerprint density at radius 2 is 1.84 bits per heavy atom. The normalized spacial score (nSPS) is 12.0. The first-order valence-corrected chi connectivity index (χ1v) is 13.3. The third-order valence-electron chi connectivity index (χ3n) is 6.24. The number of pyridine rings is 1. The molecular formula is C28H26F3N9O4. The Kier molecular flexibility index (Phi) is 8.59. The highest BCUT2D eigenvalue weighted by Gasteiger charge is 2.41. The first kappa shape index (κ1) is 29.8. The number of carbonyl (C=O) groups excluding carboxylic acids is 1. The second kappa shape index (κ2) is 12.7. The Hall–Kier alpha value is -5.67. The van der Waals surface area contributed by atoms with Crippen LogP contribution in [0, 0.1) is 0 Å². The molecule has 0 saturated heterocycles. The fourth-order valence-corrected chi connectivity index (χ4v) is 4.27. The van der Waals surface area contributed by atoms with E-state index >= 15 is 0 Å². The van der Waals surface area contributed by atoms with Gasteiger partial charge in [-0.15, -0.1) is 0 Å². The molecule has 0 unspecified atom stereocenters. The summed E-state index contributed by atoms with van der Waals surface area (Å²) in [4.78, 5) is 24.7. The van der Waals surface area contributed by atoms with Gasteiger partial charge in [0.25, 0.3) is 0 Å². The summed E-state index contributed by atoms with van der Waals surface area (Å²) >= 11 is 0. The lowest BCUT2D eigenvalue weighted by Gasteiger charge is -2.12. The van der Waals surface area contributed by atoms with E-state index < -0.39 is 12.1 Å². The maximum absolute atomic E-state index is 12.4. The number of hydrogen-bond donors (Lipinski definition) is 3. The number of esters is 1. The zero-order valence-electron chi connectivity index (χ0n) is 23.2. The zero-order chi connectivity index (χ0) is 31.3. The Labute approximate surface area is 247 Å². The molecule has 0 aliphatic rings. The molecule has 0 aliphatic heterocycles. The number of anilines is 2. The van der Waals surface area contributed by atoms with Crippen molar-refractivity contribution in [1.82, 2.24) is 24.8 Å². The summed E-state index contributed by atoms with van der Waals surface area (Å²) in [5, 5.41) is 10.4. The van der Waals surface area contributed by atoms with E-state index in [1.54, 1.807) is 6.20 Å². The molecular weight excluding hydrogens is 583 g/mol. The van der Waals surface area contributed by atoms with E-state index in [0.717, 1.165) is 5.56 Å². The number of imidazole rings is 1. The number of nitrogens with zero attached hydrogens (tertiary/aromatic N) is 6. The standard InChI is InChI=1S/C28H26F3N9O4/c1-2-40-23-19(15-35-20(16-7-4-3-5-8-16)21(23)37-25(40)22-24(32)39-44-38-22)42-14-6-13-34-27(33)36-17-9-11-18(12-10-17)43-26(41)28(29,30)31/h3-5,7-12,15H,2,6,13-14H2,1H3,(H2,32,39)(H3,33,34,36). The molecule has 2 aromatic carbocycles. The van der Waals surface area contributed by atoms with E-state index in [1.165, 1.54) is 24.3 Å². The number of aryl methyl sites for hydroxylation is 1. The molecule has 0 saturated carbocycles. The van der Waals surface area contributed by atoms with Crippen molar-refractivity contribution in [3.63, 3.8) is 0 Å². The van der Waals surface area contributed by atoms with Crippen molar-refractivity contribution in [2.45, 2.75) is 26.1 Å². The van der Waals surface area contributed by atoms with E-state index in [-0.39, 0.29) is 24.1 Å². The van der Waals surface area contributed by atoms with Crippen molar-refractivity contribution >= 4 is 34.5 Å². The maximum Gasteiger partial charge on any atom is 0.491 e. The van der Waals surface area contributed by atoms with Gasteiger partial charge in [0.15, 0.2) is 29.0 Å². The summed E-state index contributed by atoms with van der Waals surface area (Å²) in [6.45, 7) is 3.05. The van der Waals surface area contributed by atoms with Crippen molar-refractivity contribution in [2.24, 2.45) is 10.7 Å². The van der Waals surface area contributed by atoms with E-state index in [2.05, 4.69) is 30.3 Å². The van der Waals surface area contributed by atoms with Crippen molar-refractivity contribution in [3.05, 3.63) is 60.8 Å². The molecule has 0 bridgehead atoms. The number of rotatable bonds is 10. The minimum absolute atomic E-state index is 0.0776. The average molecular weight is 610 g/mol. The average Bonchev–Trinajstić information content (AvgIpc) is 3.61. The molecule has 3 heterocycles. The molecule has 0 aliphatic carbocycles. The number of benzene rings is 2.